The summed E-state index contributed by atoms with van der Waals surface area (Å²) in [6.45, 7) is 1.83. The van der Waals surface area contributed by atoms with Gasteiger partial charge in [-0.05, 0) is 48.4 Å². The highest BCUT2D eigenvalue weighted by Gasteiger charge is 2.11. The van der Waals surface area contributed by atoms with Gasteiger partial charge in [-0.15, -0.1) is 0 Å². The number of carbonyl (C=O) groups is 2. The van der Waals surface area contributed by atoms with E-state index in [1.807, 2.05) is 6.92 Å². The van der Waals surface area contributed by atoms with Crippen molar-refractivity contribution in [2.75, 3.05) is 26.6 Å². The first-order chi connectivity index (χ1) is 12.9. The van der Waals surface area contributed by atoms with Crippen LogP contribution in [-0.4, -0.2) is 33.2 Å². The average molecular weight is 390 g/mol. The van der Waals surface area contributed by atoms with Crippen LogP contribution in [0.1, 0.15) is 21.5 Å². The third-order valence-electron chi connectivity index (χ3n) is 3.80. The van der Waals surface area contributed by atoms with E-state index in [-0.39, 0.29) is 5.91 Å². The summed E-state index contributed by atoms with van der Waals surface area (Å²) in [7, 11) is 4.31. The molecule has 0 aliphatic heterocycles. The number of amides is 1. The standard InChI is InChI=1S/C20H20ClNO5/c1-12-5-7-14(20(24)27-4)11-16(12)22-18(23)8-6-13-9-15(21)19(26-3)17(10-13)25-2/h5-11H,1-4H3,(H,22,23)/b8-6+. The molecule has 0 aliphatic rings. The summed E-state index contributed by atoms with van der Waals surface area (Å²) in [5.41, 5.74) is 2.37. The molecule has 27 heavy (non-hydrogen) atoms. The Morgan fingerprint density at radius 3 is 2.44 bits per heavy atom. The van der Waals surface area contributed by atoms with Crippen molar-refractivity contribution in [2.45, 2.75) is 6.92 Å². The normalized spacial score (nSPS) is 10.6. The molecule has 0 radical (unpaired) electrons. The molecule has 0 heterocycles. The predicted molar refractivity (Wildman–Crippen MR) is 105 cm³/mol. The lowest BCUT2D eigenvalue weighted by molar-refractivity contribution is -0.111. The summed E-state index contributed by atoms with van der Waals surface area (Å²) < 4.78 is 15.1. The number of ether oxygens (including phenoxy) is 3. The van der Waals surface area contributed by atoms with E-state index in [4.69, 9.17) is 25.8 Å². The minimum atomic E-state index is -0.471. The number of benzene rings is 2. The number of esters is 1. The molecular formula is C20H20ClNO5. The number of rotatable bonds is 6. The van der Waals surface area contributed by atoms with Crippen molar-refractivity contribution < 1.29 is 23.8 Å². The molecule has 0 unspecified atom stereocenters. The second-order valence-corrected chi connectivity index (χ2v) is 5.99. The number of halogens is 1. The maximum Gasteiger partial charge on any atom is 0.337 e. The van der Waals surface area contributed by atoms with Crippen molar-refractivity contribution >= 4 is 35.2 Å². The van der Waals surface area contributed by atoms with Gasteiger partial charge in [-0.25, -0.2) is 4.79 Å². The first kappa shape index (κ1) is 20.3. The number of carbonyl (C=O) groups excluding carboxylic acids is 2. The molecule has 2 rings (SSSR count). The summed E-state index contributed by atoms with van der Waals surface area (Å²) in [5.74, 6) is 0.0646. The Morgan fingerprint density at radius 2 is 1.81 bits per heavy atom. The summed E-state index contributed by atoms with van der Waals surface area (Å²) in [6.07, 6.45) is 2.96. The topological polar surface area (TPSA) is 73.9 Å². The maximum atomic E-state index is 12.2. The van der Waals surface area contributed by atoms with E-state index >= 15 is 0 Å². The van der Waals surface area contributed by atoms with E-state index in [0.717, 1.165) is 5.56 Å². The van der Waals surface area contributed by atoms with E-state index in [2.05, 4.69) is 5.32 Å². The third kappa shape index (κ3) is 5.01. The highest BCUT2D eigenvalue weighted by atomic mass is 35.5. The van der Waals surface area contributed by atoms with Gasteiger partial charge in [0.1, 0.15) is 0 Å². The summed E-state index contributed by atoms with van der Waals surface area (Å²) in [6, 6.07) is 8.31. The minimum Gasteiger partial charge on any atom is -0.493 e. The second kappa shape index (κ2) is 9.09. The number of hydrogen-bond acceptors (Lipinski definition) is 5. The number of nitrogens with one attached hydrogen (secondary N) is 1. The third-order valence-corrected chi connectivity index (χ3v) is 4.08. The van der Waals surface area contributed by atoms with Crippen LogP contribution in [0.4, 0.5) is 5.69 Å². The zero-order valence-corrected chi connectivity index (χ0v) is 16.2. The lowest BCUT2D eigenvalue weighted by Crippen LogP contribution is -2.10. The van der Waals surface area contributed by atoms with Gasteiger partial charge in [-0.1, -0.05) is 17.7 Å². The number of hydrogen-bond donors (Lipinski definition) is 1. The first-order valence-corrected chi connectivity index (χ1v) is 8.37. The van der Waals surface area contributed by atoms with E-state index in [0.29, 0.717) is 33.3 Å². The van der Waals surface area contributed by atoms with Crippen LogP contribution >= 0.6 is 11.6 Å². The Kier molecular flexibility index (Phi) is 6.85. The Morgan fingerprint density at radius 1 is 1.07 bits per heavy atom. The molecule has 0 fully saturated rings. The Labute approximate surface area is 162 Å². The smallest absolute Gasteiger partial charge is 0.337 e. The van der Waals surface area contributed by atoms with Crippen LogP contribution in [-0.2, 0) is 9.53 Å². The van der Waals surface area contributed by atoms with E-state index in [9.17, 15) is 9.59 Å². The van der Waals surface area contributed by atoms with Crippen LogP contribution in [0.25, 0.3) is 6.08 Å². The zero-order chi connectivity index (χ0) is 20.0. The molecule has 0 aromatic heterocycles. The number of aryl methyl sites for hydroxylation is 1. The van der Waals surface area contributed by atoms with Gasteiger partial charge in [-0.2, -0.15) is 0 Å². The largest absolute Gasteiger partial charge is 0.493 e. The molecule has 0 atom stereocenters. The van der Waals surface area contributed by atoms with E-state index in [1.54, 1.807) is 36.4 Å². The summed E-state index contributed by atoms with van der Waals surface area (Å²) in [5, 5.41) is 3.12. The van der Waals surface area contributed by atoms with Crippen molar-refractivity contribution in [1.29, 1.82) is 0 Å². The Hall–Kier alpha value is -2.99. The van der Waals surface area contributed by atoms with Gasteiger partial charge in [0.2, 0.25) is 5.91 Å². The molecule has 6 nitrogen and oxygen atoms in total. The fourth-order valence-corrected chi connectivity index (χ4v) is 2.68. The zero-order valence-electron chi connectivity index (χ0n) is 15.5. The van der Waals surface area contributed by atoms with Crippen LogP contribution < -0.4 is 14.8 Å². The van der Waals surface area contributed by atoms with Gasteiger partial charge in [0, 0.05) is 11.8 Å². The maximum absolute atomic E-state index is 12.2. The highest BCUT2D eigenvalue weighted by molar-refractivity contribution is 6.32. The monoisotopic (exact) mass is 389 g/mol. The average Bonchev–Trinajstić information content (AvgIpc) is 2.66. The second-order valence-electron chi connectivity index (χ2n) is 5.58. The van der Waals surface area contributed by atoms with E-state index < -0.39 is 5.97 Å². The first-order valence-electron chi connectivity index (χ1n) is 7.99. The van der Waals surface area contributed by atoms with Crippen LogP contribution in [0, 0.1) is 6.92 Å². The van der Waals surface area contributed by atoms with Crippen molar-refractivity contribution in [3.63, 3.8) is 0 Å². The summed E-state index contributed by atoms with van der Waals surface area (Å²) >= 11 is 6.16. The van der Waals surface area contributed by atoms with Gasteiger partial charge in [-0.3, -0.25) is 4.79 Å². The van der Waals surface area contributed by atoms with Crippen LogP contribution in [0.3, 0.4) is 0 Å². The van der Waals surface area contributed by atoms with E-state index in [1.165, 1.54) is 27.4 Å². The lowest BCUT2D eigenvalue weighted by Gasteiger charge is -2.10. The fourth-order valence-electron chi connectivity index (χ4n) is 2.38. The SMILES string of the molecule is COC(=O)c1ccc(C)c(NC(=O)/C=C/c2cc(Cl)c(OC)c(OC)c2)c1. The molecule has 2 aromatic rings. The fraction of sp³-hybridized carbons (Fsp3) is 0.200. The van der Waals surface area contributed by atoms with Gasteiger partial charge < -0.3 is 19.5 Å². The molecule has 0 bridgehead atoms. The van der Waals surface area contributed by atoms with Gasteiger partial charge in [0.25, 0.3) is 0 Å². The van der Waals surface area contributed by atoms with Crippen molar-refractivity contribution in [3.8, 4) is 11.5 Å². The molecule has 142 valence electrons. The molecular weight excluding hydrogens is 370 g/mol. The van der Waals surface area contributed by atoms with Crippen LogP contribution in [0.5, 0.6) is 11.5 Å². The van der Waals surface area contributed by atoms with Crippen LogP contribution in [0.15, 0.2) is 36.4 Å². The van der Waals surface area contributed by atoms with Gasteiger partial charge >= 0.3 is 5.97 Å². The predicted octanol–water partition coefficient (Wildman–Crippen LogP) is 4.10. The lowest BCUT2D eigenvalue weighted by atomic mass is 10.1. The molecule has 0 saturated carbocycles. The molecule has 0 saturated heterocycles. The van der Waals surface area contributed by atoms with Gasteiger partial charge in [0.15, 0.2) is 11.5 Å². The van der Waals surface area contributed by atoms with Gasteiger partial charge in [0.05, 0.1) is 31.9 Å². The molecule has 1 amide bonds. The molecule has 1 N–H and O–H groups in total. The highest BCUT2D eigenvalue weighted by Crippen LogP contribution is 2.36. The van der Waals surface area contributed by atoms with Crippen molar-refractivity contribution in [2.24, 2.45) is 0 Å². The minimum absolute atomic E-state index is 0.356. The quantitative estimate of drug-likeness (QED) is 0.594. The number of methoxy groups -OCH3 is 3. The molecule has 0 spiro atoms. The van der Waals surface area contributed by atoms with Crippen molar-refractivity contribution in [1.82, 2.24) is 0 Å². The number of anilines is 1. The Balaban J connectivity index is 2.19. The Bertz CT molecular complexity index is 892. The molecule has 0 aliphatic carbocycles. The molecule has 7 heteroatoms. The van der Waals surface area contributed by atoms with Crippen LogP contribution in [0.2, 0.25) is 5.02 Å². The molecule has 2 aromatic carbocycles. The summed E-state index contributed by atoms with van der Waals surface area (Å²) in [4.78, 5) is 23.9. The van der Waals surface area contributed by atoms with Crippen molar-refractivity contribution in [3.05, 3.63) is 58.1 Å².